The second-order valence-electron chi connectivity index (χ2n) is 3.35. The van der Waals surface area contributed by atoms with Gasteiger partial charge in [-0.2, -0.15) is 8.75 Å². The molecule has 78 valence electrons. The Labute approximate surface area is 98.2 Å². The van der Waals surface area contributed by atoms with E-state index < -0.39 is 0 Å². The molecule has 0 saturated carbocycles. The summed E-state index contributed by atoms with van der Waals surface area (Å²) in [5.74, 6) is 0. The summed E-state index contributed by atoms with van der Waals surface area (Å²) in [6, 6.07) is 8.31. The van der Waals surface area contributed by atoms with Crippen LogP contribution in [0.4, 0.5) is 0 Å². The molecule has 4 heteroatoms. The van der Waals surface area contributed by atoms with Gasteiger partial charge in [-0.05, 0) is 18.1 Å². The van der Waals surface area contributed by atoms with E-state index in [-0.39, 0.29) is 0 Å². The number of benzene rings is 1. The third-order valence-corrected chi connectivity index (χ3v) is 3.08. The zero-order chi connectivity index (χ0) is 10.7. The number of halogens is 1. The Morgan fingerprint density at radius 3 is 2.87 bits per heavy atom. The van der Waals surface area contributed by atoms with E-state index in [9.17, 15) is 0 Å². The summed E-state index contributed by atoms with van der Waals surface area (Å²) >= 11 is 7.09. The number of aryl methyl sites for hydroxylation is 1. The molecular formula is C11H11ClN2S. The fraction of sp³-hybridized carbons (Fsp3) is 0.273. The Morgan fingerprint density at radius 2 is 2.20 bits per heavy atom. The Kier molecular flexibility index (Phi) is 3.34. The number of hydrogen-bond acceptors (Lipinski definition) is 3. The van der Waals surface area contributed by atoms with Crippen LogP contribution in [0.15, 0.2) is 24.3 Å². The third-order valence-electron chi connectivity index (χ3n) is 2.19. The Balaban J connectivity index is 2.37. The molecular weight excluding hydrogens is 228 g/mol. The maximum absolute atomic E-state index is 5.94. The molecule has 0 atom stereocenters. The lowest BCUT2D eigenvalue weighted by Gasteiger charge is -2.01. The largest absolute Gasteiger partial charge is 0.171 e. The molecule has 0 N–H and O–H groups in total. The fourth-order valence-electron chi connectivity index (χ4n) is 1.51. The van der Waals surface area contributed by atoms with Gasteiger partial charge in [-0.3, -0.25) is 0 Å². The molecule has 1 aromatic carbocycles. The van der Waals surface area contributed by atoms with Gasteiger partial charge in [-0.25, -0.2) is 0 Å². The van der Waals surface area contributed by atoms with E-state index in [1.807, 2.05) is 12.1 Å². The molecule has 0 aliphatic rings. The molecule has 0 aliphatic carbocycles. The summed E-state index contributed by atoms with van der Waals surface area (Å²) in [5.41, 5.74) is 3.17. The lowest BCUT2D eigenvalue weighted by atomic mass is 10.1. The van der Waals surface area contributed by atoms with Crippen molar-refractivity contribution >= 4 is 23.3 Å². The molecule has 1 aromatic heterocycles. The highest BCUT2D eigenvalue weighted by Gasteiger charge is 2.08. The standard InChI is InChI=1S/C11H11ClN2S/c1-2-4-8-5-3-6-9(7-8)10-11(12)14-15-13-10/h3,5-7H,2,4H2,1H3. The van der Waals surface area contributed by atoms with Crippen molar-refractivity contribution in [2.45, 2.75) is 19.8 Å². The van der Waals surface area contributed by atoms with Crippen molar-refractivity contribution in [2.75, 3.05) is 0 Å². The fourth-order valence-corrected chi connectivity index (χ4v) is 2.28. The van der Waals surface area contributed by atoms with Crippen LogP contribution < -0.4 is 0 Å². The van der Waals surface area contributed by atoms with Gasteiger partial charge in [0.25, 0.3) is 0 Å². The smallest absolute Gasteiger partial charge is 0.170 e. The van der Waals surface area contributed by atoms with Gasteiger partial charge >= 0.3 is 0 Å². The van der Waals surface area contributed by atoms with Gasteiger partial charge < -0.3 is 0 Å². The van der Waals surface area contributed by atoms with Crippen molar-refractivity contribution in [1.29, 1.82) is 0 Å². The van der Waals surface area contributed by atoms with Gasteiger partial charge in [0.05, 0.1) is 11.7 Å². The van der Waals surface area contributed by atoms with Crippen LogP contribution in [-0.2, 0) is 6.42 Å². The molecule has 2 nitrogen and oxygen atoms in total. The van der Waals surface area contributed by atoms with E-state index >= 15 is 0 Å². The molecule has 0 radical (unpaired) electrons. The molecule has 0 saturated heterocycles. The molecule has 0 amide bonds. The van der Waals surface area contributed by atoms with Crippen molar-refractivity contribution in [3.8, 4) is 11.3 Å². The van der Waals surface area contributed by atoms with E-state index in [1.165, 1.54) is 5.56 Å². The average Bonchev–Trinajstić information content (AvgIpc) is 2.65. The van der Waals surface area contributed by atoms with Crippen molar-refractivity contribution in [3.05, 3.63) is 35.0 Å². The summed E-state index contributed by atoms with van der Waals surface area (Å²) in [4.78, 5) is 0. The SMILES string of the molecule is CCCc1cccc(-c2nsnc2Cl)c1. The van der Waals surface area contributed by atoms with Crippen molar-refractivity contribution < 1.29 is 0 Å². The molecule has 0 bridgehead atoms. The number of hydrogen-bond donors (Lipinski definition) is 0. The summed E-state index contributed by atoms with van der Waals surface area (Å²) in [6.07, 6.45) is 2.23. The maximum Gasteiger partial charge on any atom is 0.170 e. The minimum Gasteiger partial charge on any atom is -0.171 e. The summed E-state index contributed by atoms with van der Waals surface area (Å²) < 4.78 is 8.15. The summed E-state index contributed by atoms with van der Waals surface area (Å²) in [5, 5.41) is 0.494. The first kappa shape index (κ1) is 10.6. The molecule has 15 heavy (non-hydrogen) atoms. The zero-order valence-corrected chi connectivity index (χ0v) is 9.98. The van der Waals surface area contributed by atoms with E-state index in [4.69, 9.17) is 11.6 Å². The lowest BCUT2D eigenvalue weighted by Crippen LogP contribution is -1.85. The third kappa shape index (κ3) is 2.36. The predicted octanol–water partition coefficient (Wildman–Crippen LogP) is 3.81. The van der Waals surface area contributed by atoms with Crippen LogP contribution in [0.3, 0.4) is 0 Å². The highest BCUT2D eigenvalue weighted by atomic mass is 35.5. The van der Waals surface area contributed by atoms with Gasteiger partial charge in [-0.1, -0.05) is 43.1 Å². The van der Waals surface area contributed by atoms with Gasteiger partial charge in [0.2, 0.25) is 0 Å². The molecule has 1 heterocycles. The van der Waals surface area contributed by atoms with Crippen LogP contribution in [0.1, 0.15) is 18.9 Å². The van der Waals surface area contributed by atoms with E-state index in [0.29, 0.717) is 5.15 Å². The molecule has 0 spiro atoms. The predicted molar refractivity (Wildman–Crippen MR) is 64.4 cm³/mol. The molecule has 0 unspecified atom stereocenters. The number of rotatable bonds is 3. The van der Waals surface area contributed by atoms with E-state index in [0.717, 1.165) is 35.8 Å². The van der Waals surface area contributed by atoms with Gasteiger partial charge in [0.15, 0.2) is 5.15 Å². The summed E-state index contributed by atoms with van der Waals surface area (Å²) in [6.45, 7) is 2.17. The average molecular weight is 239 g/mol. The van der Waals surface area contributed by atoms with Crippen molar-refractivity contribution in [3.63, 3.8) is 0 Å². The lowest BCUT2D eigenvalue weighted by molar-refractivity contribution is 0.922. The topological polar surface area (TPSA) is 25.8 Å². The van der Waals surface area contributed by atoms with Crippen LogP contribution in [0.2, 0.25) is 5.15 Å². The van der Waals surface area contributed by atoms with Crippen LogP contribution >= 0.6 is 23.3 Å². The van der Waals surface area contributed by atoms with E-state index in [2.05, 4.69) is 27.8 Å². The van der Waals surface area contributed by atoms with Crippen LogP contribution in [0.5, 0.6) is 0 Å². The molecule has 2 aromatic rings. The quantitative estimate of drug-likeness (QED) is 0.813. The first-order valence-corrected chi connectivity index (χ1v) is 5.99. The first-order valence-electron chi connectivity index (χ1n) is 4.88. The molecule has 0 fully saturated rings. The second-order valence-corrected chi connectivity index (χ2v) is 4.24. The van der Waals surface area contributed by atoms with Crippen LogP contribution in [0, 0.1) is 0 Å². The first-order chi connectivity index (χ1) is 7.31. The van der Waals surface area contributed by atoms with Gasteiger partial charge in [0, 0.05) is 5.56 Å². The highest BCUT2D eigenvalue weighted by molar-refractivity contribution is 6.99. The molecule has 0 aliphatic heterocycles. The maximum atomic E-state index is 5.94. The van der Waals surface area contributed by atoms with Crippen molar-refractivity contribution in [2.24, 2.45) is 0 Å². The van der Waals surface area contributed by atoms with Gasteiger partial charge in [-0.15, -0.1) is 0 Å². The second kappa shape index (κ2) is 4.73. The number of nitrogens with zero attached hydrogens (tertiary/aromatic N) is 2. The normalized spacial score (nSPS) is 10.5. The highest BCUT2D eigenvalue weighted by Crippen LogP contribution is 2.26. The summed E-state index contributed by atoms with van der Waals surface area (Å²) in [7, 11) is 0. The zero-order valence-electron chi connectivity index (χ0n) is 8.40. The number of aromatic nitrogens is 2. The van der Waals surface area contributed by atoms with E-state index in [1.54, 1.807) is 0 Å². The van der Waals surface area contributed by atoms with Crippen molar-refractivity contribution in [1.82, 2.24) is 8.75 Å². The minimum absolute atomic E-state index is 0.494. The Bertz CT molecular complexity index is 453. The van der Waals surface area contributed by atoms with Crippen LogP contribution in [0.25, 0.3) is 11.3 Å². The minimum atomic E-state index is 0.494. The Hall–Kier alpha value is -0.930. The van der Waals surface area contributed by atoms with Crippen LogP contribution in [-0.4, -0.2) is 8.75 Å². The monoisotopic (exact) mass is 238 g/mol. The van der Waals surface area contributed by atoms with Gasteiger partial charge in [0.1, 0.15) is 5.69 Å². The molecule has 2 rings (SSSR count). The Morgan fingerprint density at radius 1 is 1.33 bits per heavy atom.